The van der Waals surface area contributed by atoms with Gasteiger partial charge in [-0.1, -0.05) is 0 Å². The van der Waals surface area contributed by atoms with Crippen LogP contribution in [0.2, 0.25) is 0 Å². The Kier molecular flexibility index (Phi) is 4.25. The molecule has 4 rings (SSSR count). The van der Waals surface area contributed by atoms with Crippen molar-refractivity contribution in [3.05, 3.63) is 67.9 Å². The van der Waals surface area contributed by atoms with E-state index in [1.807, 2.05) is 11.4 Å². The number of hydrogen-bond acceptors (Lipinski definition) is 6. The molecular formula is C18H12N2O5S2. The predicted octanol–water partition coefficient (Wildman–Crippen LogP) is 4.29. The standard InChI is InChI=1S/C18H12N2O5S2/c21-17(10-1-3-12(4-2-10)20(24)25)19-7-5-11-9-14(18(22)23)27-15(11)16-13(19)6-8-26-16/h1-4,6,8-9H,5,7H2,(H,22,23). The van der Waals surface area contributed by atoms with E-state index >= 15 is 0 Å². The fourth-order valence-electron chi connectivity index (χ4n) is 3.04. The molecule has 0 aliphatic carbocycles. The predicted molar refractivity (Wildman–Crippen MR) is 103 cm³/mol. The van der Waals surface area contributed by atoms with Crippen molar-refractivity contribution in [1.82, 2.24) is 0 Å². The average molecular weight is 400 g/mol. The van der Waals surface area contributed by atoms with E-state index in [1.165, 1.54) is 46.9 Å². The van der Waals surface area contributed by atoms with E-state index in [2.05, 4.69) is 0 Å². The van der Waals surface area contributed by atoms with Crippen molar-refractivity contribution in [3.63, 3.8) is 0 Å². The van der Waals surface area contributed by atoms with E-state index in [-0.39, 0.29) is 16.5 Å². The van der Waals surface area contributed by atoms with Crippen LogP contribution in [0.3, 0.4) is 0 Å². The molecule has 0 unspecified atom stereocenters. The number of nitro groups is 1. The number of non-ortho nitro benzene ring substituents is 1. The van der Waals surface area contributed by atoms with Gasteiger partial charge in [0.1, 0.15) is 4.88 Å². The van der Waals surface area contributed by atoms with Gasteiger partial charge in [-0.15, -0.1) is 22.7 Å². The molecule has 0 fully saturated rings. The molecule has 27 heavy (non-hydrogen) atoms. The number of carbonyl (C=O) groups is 2. The smallest absolute Gasteiger partial charge is 0.345 e. The zero-order chi connectivity index (χ0) is 19.1. The molecule has 1 aliphatic rings. The summed E-state index contributed by atoms with van der Waals surface area (Å²) in [4.78, 5) is 38.3. The number of thiophene rings is 2. The van der Waals surface area contributed by atoms with Crippen molar-refractivity contribution in [2.75, 3.05) is 11.4 Å². The van der Waals surface area contributed by atoms with Gasteiger partial charge >= 0.3 is 5.97 Å². The number of carbonyl (C=O) groups excluding carboxylic acids is 1. The molecule has 0 atom stereocenters. The Bertz CT molecular complexity index is 1070. The molecule has 3 heterocycles. The molecule has 1 amide bonds. The molecule has 0 radical (unpaired) electrons. The van der Waals surface area contributed by atoms with Crippen molar-refractivity contribution >= 4 is 45.9 Å². The van der Waals surface area contributed by atoms with E-state index in [9.17, 15) is 24.8 Å². The van der Waals surface area contributed by atoms with Crippen LogP contribution in [0.25, 0.3) is 9.75 Å². The molecule has 0 spiro atoms. The number of anilines is 1. The molecule has 3 aromatic rings. The second-order valence-corrected chi connectivity index (χ2v) is 7.88. The summed E-state index contributed by atoms with van der Waals surface area (Å²) in [5.74, 6) is -1.19. The summed E-state index contributed by atoms with van der Waals surface area (Å²) in [6.07, 6.45) is 0.541. The Morgan fingerprint density at radius 1 is 1.15 bits per heavy atom. The maximum atomic E-state index is 13.0. The minimum atomic E-state index is -0.954. The normalized spacial score (nSPS) is 12.8. The van der Waals surface area contributed by atoms with Gasteiger partial charge in [0.05, 0.1) is 20.4 Å². The highest BCUT2D eigenvalue weighted by atomic mass is 32.1. The second-order valence-electron chi connectivity index (χ2n) is 5.92. The first-order chi connectivity index (χ1) is 13.0. The summed E-state index contributed by atoms with van der Waals surface area (Å²) in [5, 5.41) is 21.9. The highest BCUT2D eigenvalue weighted by Crippen LogP contribution is 2.45. The number of carboxylic acid groups (broad SMARTS) is 1. The fourth-order valence-corrected chi connectivity index (χ4v) is 5.18. The number of nitrogens with zero attached hydrogens (tertiary/aromatic N) is 2. The monoisotopic (exact) mass is 400 g/mol. The lowest BCUT2D eigenvalue weighted by atomic mass is 10.1. The van der Waals surface area contributed by atoms with Crippen LogP contribution in [0.15, 0.2) is 41.8 Å². The SMILES string of the molecule is O=C(O)c1cc2c(s1)-c1sccc1N(C(=O)c1ccc([N+](=O)[O-])cc1)CC2. The minimum absolute atomic E-state index is 0.0676. The maximum absolute atomic E-state index is 13.0. The summed E-state index contributed by atoms with van der Waals surface area (Å²) in [5.41, 5.74) is 1.96. The number of carboxylic acids is 1. The van der Waals surface area contributed by atoms with Crippen LogP contribution in [0.5, 0.6) is 0 Å². The van der Waals surface area contributed by atoms with Crippen LogP contribution in [0, 0.1) is 10.1 Å². The first-order valence-corrected chi connectivity index (χ1v) is 9.65. The number of amides is 1. The number of fused-ring (bicyclic) bond motifs is 3. The van der Waals surface area contributed by atoms with Gasteiger partial charge in [0.15, 0.2) is 0 Å². The topological polar surface area (TPSA) is 101 Å². The van der Waals surface area contributed by atoms with Gasteiger partial charge in [0.2, 0.25) is 0 Å². The van der Waals surface area contributed by atoms with Crippen LogP contribution >= 0.6 is 22.7 Å². The van der Waals surface area contributed by atoms with E-state index in [4.69, 9.17) is 0 Å². The van der Waals surface area contributed by atoms with Gasteiger partial charge in [0, 0.05) is 24.2 Å². The summed E-state index contributed by atoms with van der Waals surface area (Å²) in [7, 11) is 0. The lowest BCUT2D eigenvalue weighted by Gasteiger charge is -2.21. The van der Waals surface area contributed by atoms with Crippen molar-refractivity contribution < 1.29 is 19.6 Å². The highest BCUT2D eigenvalue weighted by Gasteiger charge is 2.28. The number of nitro benzene ring substituents is 1. The summed E-state index contributed by atoms with van der Waals surface area (Å²) in [6, 6.07) is 9.06. The van der Waals surface area contributed by atoms with E-state index in [0.29, 0.717) is 18.5 Å². The molecule has 9 heteroatoms. The fraction of sp³-hybridized carbons (Fsp3) is 0.111. The number of rotatable bonds is 3. The van der Waals surface area contributed by atoms with Crippen LogP contribution in [0.4, 0.5) is 11.4 Å². The minimum Gasteiger partial charge on any atom is -0.477 e. The second kappa shape index (κ2) is 6.60. The summed E-state index contributed by atoms with van der Waals surface area (Å²) in [6.45, 7) is 0.405. The van der Waals surface area contributed by atoms with Crippen molar-refractivity contribution in [2.24, 2.45) is 0 Å². The molecule has 7 nitrogen and oxygen atoms in total. The first kappa shape index (κ1) is 17.4. The van der Waals surface area contributed by atoms with Crippen molar-refractivity contribution in [3.8, 4) is 9.75 Å². The Balaban J connectivity index is 1.71. The zero-order valence-electron chi connectivity index (χ0n) is 13.7. The van der Waals surface area contributed by atoms with Gasteiger partial charge in [-0.25, -0.2) is 4.79 Å². The number of benzene rings is 1. The molecule has 1 aliphatic heterocycles. The lowest BCUT2D eigenvalue weighted by molar-refractivity contribution is -0.384. The van der Waals surface area contributed by atoms with Gasteiger partial charge < -0.3 is 10.0 Å². The summed E-state index contributed by atoms with van der Waals surface area (Å²) < 4.78 is 0. The van der Waals surface area contributed by atoms with Gasteiger partial charge in [-0.2, -0.15) is 0 Å². The zero-order valence-corrected chi connectivity index (χ0v) is 15.4. The van der Waals surface area contributed by atoms with Gasteiger partial charge in [-0.05, 0) is 41.6 Å². The number of hydrogen-bond donors (Lipinski definition) is 1. The Hall–Kier alpha value is -3.04. The number of aromatic carboxylic acids is 1. The van der Waals surface area contributed by atoms with Crippen molar-refractivity contribution in [1.29, 1.82) is 0 Å². The summed E-state index contributed by atoms with van der Waals surface area (Å²) >= 11 is 2.68. The Labute approximate surface area is 161 Å². The van der Waals surface area contributed by atoms with E-state index < -0.39 is 10.9 Å². The lowest BCUT2D eigenvalue weighted by Crippen LogP contribution is -2.32. The van der Waals surface area contributed by atoms with Crippen LogP contribution < -0.4 is 4.90 Å². The quantitative estimate of drug-likeness (QED) is 0.522. The maximum Gasteiger partial charge on any atom is 0.345 e. The highest BCUT2D eigenvalue weighted by molar-refractivity contribution is 7.23. The average Bonchev–Trinajstić information content (AvgIpc) is 3.26. The van der Waals surface area contributed by atoms with Crippen LogP contribution in [0.1, 0.15) is 25.6 Å². The van der Waals surface area contributed by atoms with Crippen molar-refractivity contribution in [2.45, 2.75) is 6.42 Å². The molecule has 0 saturated heterocycles. The van der Waals surface area contributed by atoms with Gasteiger partial charge in [-0.3, -0.25) is 14.9 Å². The largest absolute Gasteiger partial charge is 0.477 e. The Morgan fingerprint density at radius 2 is 1.89 bits per heavy atom. The Morgan fingerprint density at radius 3 is 2.56 bits per heavy atom. The van der Waals surface area contributed by atoms with E-state index in [1.54, 1.807) is 11.0 Å². The molecule has 0 saturated carbocycles. The molecule has 1 aromatic carbocycles. The van der Waals surface area contributed by atoms with E-state index in [0.717, 1.165) is 21.0 Å². The molecular weight excluding hydrogens is 388 g/mol. The third-order valence-electron chi connectivity index (χ3n) is 4.34. The first-order valence-electron chi connectivity index (χ1n) is 7.96. The third kappa shape index (κ3) is 3.00. The van der Waals surface area contributed by atoms with Crippen LogP contribution in [-0.4, -0.2) is 28.5 Å². The van der Waals surface area contributed by atoms with Crippen LogP contribution in [-0.2, 0) is 6.42 Å². The molecule has 2 aromatic heterocycles. The molecule has 1 N–H and O–H groups in total. The third-order valence-corrected chi connectivity index (χ3v) is 6.57. The van der Waals surface area contributed by atoms with Gasteiger partial charge in [0.25, 0.3) is 11.6 Å². The molecule has 0 bridgehead atoms. The molecule has 136 valence electrons.